The Labute approximate surface area is 127 Å². The van der Waals surface area contributed by atoms with Gasteiger partial charge in [0, 0.05) is 12.2 Å². The van der Waals surface area contributed by atoms with Crippen molar-refractivity contribution in [1.29, 1.82) is 0 Å². The SMILES string of the molecule is C#CCSP(=O)(NC(=O)CC(Br)Br)SCC=C. The molecule has 3 nitrogen and oxygen atoms in total. The molecule has 1 N–H and O–H groups in total. The Morgan fingerprint density at radius 3 is 2.71 bits per heavy atom. The molecule has 0 aliphatic heterocycles. The van der Waals surface area contributed by atoms with Crippen LogP contribution in [0.25, 0.3) is 0 Å². The van der Waals surface area contributed by atoms with Gasteiger partial charge in [-0.3, -0.25) is 14.4 Å². The maximum absolute atomic E-state index is 12.3. The number of halogens is 2. The fourth-order valence-corrected chi connectivity index (χ4v) is 7.00. The molecule has 0 aromatic carbocycles. The Morgan fingerprint density at radius 1 is 1.59 bits per heavy atom. The highest BCUT2D eigenvalue weighted by atomic mass is 79.9. The molecule has 0 fully saturated rings. The smallest absolute Gasteiger partial charge is 0.281 e. The molecule has 0 bridgehead atoms. The maximum Gasteiger partial charge on any atom is 0.281 e. The van der Waals surface area contributed by atoms with Crippen LogP contribution >= 0.6 is 60.3 Å². The zero-order chi connectivity index (χ0) is 13.3. The summed E-state index contributed by atoms with van der Waals surface area (Å²) in [4.78, 5) is 11.5. The highest BCUT2D eigenvalue weighted by Gasteiger charge is 2.25. The second-order valence-electron chi connectivity index (χ2n) is 2.69. The van der Waals surface area contributed by atoms with E-state index in [1.807, 2.05) is 0 Å². The lowest BCUT2D eigenvalue weighted by Crippen LogP contribution is -2.19. The van der Waals surface area contributed by atoms with Crippen molar-refractivity contribution in [2.75, 3.05) is 11.5 Å². The van der Waals surface area contributed by atoms with Gasteiger partial charge in [-0.05, 0) is 0 Å². The predicted octanol–water partition coefficient (Wildman–Crippen LogP) is 4.00. The van der Waals surface area contributed by atoms with E-state index in [9.17, 15) is 9.36 Å². The van der Waals surface area contributed by atoms with E-state index in [0.29, 0.717) is 11.5 Å². The average Bonchev–Trinajstić information content (AvgIpc) is 2.22. The van der Waals surface area contributed by atoms with E-state index >= 15 is 0 Å². The molecule has 0 aliphatic rings. The number of rotatable bonds is 8. The Hall–Kier alpha value is 0.660. The summed E-state index contributed by atoms with van der Waals surface area (Å²) in [5.41, 5.74) is -2.89. The summed E-state index contributed by atoms with van der Waals surface area (Å²) in [7, 11) is 0. The largest absolute Gasteiger partial charge is 0.291 e. The van der Waals surface area contributed by atoms with Crippen LogP contribution in [-0.2, 0) is 9.36 Å². The van der Waals surface area contributed by atoms with Gasteiger partial charge in [-0.1, -0.05) is 66.6 Å². The van der Waals surface area contributed by atoms with Crippen LogP contribution in [0.5, 0.6) is 0 Å². The van der Waals surface area contributed by atoms with Crippen LogP contribution < -0.4 is 5.09 Å². The quantitative estimate of drug-likeness (QED) is 0.279. The molecular formula is C9H12Br2NO2PS2. The average molecular weight is 421 g/mol. The zero-order valence-corrected chi connectivity index (χ0v) is 14.6. The minimum atomic E-state index is -2.89. The van der Waals surface area contributed by atoms with Crippen molar-refractivity contribution in [3.05, 3.63) is 12.7 Å². The lowest BCUT2D eigenvalue weighted by molar-refractivity contribution is -0.118. The number of hydrogen-bond acceptors (Lipinski definition) is 4. The minimum absolute atomic E-state index is 0.134. The number of hydrogen-bond donors (Lipinski definition) is 1. The number of alkyl halides is 2. The highest BCUT2D eigenvalue weighted by Crippen LogP contribution is 2.65. The molecule has 96 valence electrons. The van der Waals surface area contributed by atoms with Gasteiger partial charge in [-0.2, -0.15) is 0 Å². The number of terminal acetylenes is 1. The Morgan fingerprint density at radius 2 is 2.24 bits per heavy atom. The van der Waals surface area contributed by atoms with E-state index in [1.165, 1.54) is 0 Å². The molecule has 0 radical (unpaired) electrons. The molecule has 17 heavy (non-hydrogen) atoms. The number of carbonyl (C=O) groups is 1. The van der Waals surface area contributed by atoms with Gasteiger partial charge in [-0.15, -0.1) is 13.0 Å². The van der Waals surface area contributed by atoms with Crippen LogP contribution in [-0.4, -0.2) is 21.1 Å². The van der Waals surface area contributed by atoms with Gasteiger partial charge in [-0.25, -0.2) is 0 Å². The first-order valence-corrected chi connectivity index (χ1v) is 11.2. The first-order valence-electron chi connectivity index (χ1n) is 4.46. The third-order valence-corrected chi connectivity index (χ3v) is 9.13. The summed E-state index contributed by atoms with van der Waals surface area (Å²) in [5, 5.41) is 2.53. The van der Waals surface area contributed by atoms with Crippen molar-refractivity contribution in [3.8, 4) is 12.3 Å². The third kappa shape index (κ3) is 9.26. The van der Waals surface area contributed by atoms with Crippen LogP contribution in [0.3, 0.4) is 0 Å². The Balaban J connectivity index is 4.47. The maximum atomic E-state index is 12.3. The molecule has 8 heteroatoms. The van der Waals surface area contributed by atoms with Crippen LogP contribution in [0.2, 0.25) is 0 Å². The number of carbonyl (C=O) groups excluding carboxylic acids is 1. The van der Waals surface area contributed by atoms with Crippen molar-refractivity contribution in [3.63, 3.8) is 0 Å². The van der Waals surface area contributed by atoms with Gasteiger partial charge < -0.3 is 0 Å². The molecule has 0 aromatic rings. The topological polar surface area (TPSA) is 46.2 Å². The van der Waals surface area contributed by atoms with Gasteiger partial charge >= 0.3 is 0 Å². The molecule has 1 unspecified atom stereocenters. The van der Waals surface area contributed by atoms with E-state index in [4.69, 9.17) is 6.42 Å². The van der Waals surface area contributed by atoms with Crippen molar-refractivity contribution in [1.82, 2.24) is 5.09 Å². The van der Waals surface area contributed by atoms with Crippen molar-refractivity contribution in [2.45, 2.75) is 10.2 Å². The molecule has 0 rings (SSSR count). The lowest BCUT2D eigenvalue weighted by Gasteiger charge is -2.16. The summed E-state index contributed by atoms with van der Waals surface area (Å²) >= 11 is 8.64. The fourth-order valence-electron chi connectivity index (χ4n) is 0.713. The first-order chi connectivity index (χ1) is 7.93. The second-order valence-corrected chi connectivity index (χ2v) is 13.8. The van der Waals surface area contributed by atoms with Crippen LogP contribution in [0.4, 0.5) is 0 Å². The van der Waals surface area contributed by atoms with E-state index in [2.05, 4.69) is 49.4 Å². The number of nitrogens with one attached hydrogen (secondary N) is 1. The molecule has 1 atom stereocenters. The molecular weight excluding hydrogens is 409 g/mol. The fraction of sp³-hybridized carbons (Fsp3) is 0.444. The van der Waals surface area contributed by atoms with E-state index in [-0.39, 0.29) is 16.1 Å². The summed E-state index contributed by atoms with van der Waals surface area (Å²) in [5.74, 6) is 2.91. The van der Waals surface area contributed by atoms with Gasteiger partial charge in [0.2, 0.25) is 5.91 Å². The summed E-state index contributed by atoms with van der Waals surface area (Å²) < 4.78 is 12.2. The van der Waals surface area contributed by atoms with Crippen LogP contribution in [0.15, 0.2) is 12.7 Å². The van der Waals surface area contributed by atoms with Crippen LogP contribution in [0, 0.1) is 12.3 Å². The second kappa shape index (κ2) is 9.57. The Bertz CT molecular complexity index is 357. The van der Waals surface area contributed by atoms with E-state index in [1.54, 1.807) is 6.08 Å². The van der Waals surface area contributed by atoms with Gasteiger partial charge in [0.15, 0.2) is 0 Å². The molecule has 0 aromatic heterocycles. The first kappa shape index (κ1) is 17.7. The zero-order valence-electron chi connectivity index (χ0n) is 8.90. The van der Waals surface area contributed by atoms with Crippen molar-refractivity contribution < 1.29 is 9.36 Å². The Kier molecular flexibility index (Phi) is 9.94. The monoisotopic (exact) mass is 419 g/mol. The van der Waals surface area contributed by atoms with Gasteiger partial charge in [0.05, 0.1) is 9.49 Å². The van der Waals surface area contributed by atoms with Crippen LogP contribution in [0.1, 0.15) is 6.42 Å². The molecule has 0 heterocycles. The number of amides is 1. The van der Waals surface area contributed by atoms with Crippen molar-refractivity contribution in [2.24, 2.45) is 0 Å². The van der Waals surface area contributed by atoms with Gasteiger partial charge in [0.1, 0.15) is 0 Å². The van der Waals surface area contributed by atoms with E-state index in [0.717, 1.165) is 22.8 Å². The molecule has 0 spiro atoms. The van der Waals surface area contributed by atoms with Crippen molar-refractivity contribution >= 4 is 66.2 Å². The van der Waals surface area contributed by atoms with Gasteiger partial charge in [0.25, 0.3) is 5.70 Å². The third-order valence-electron chi connectivity index (χ3n) is 1.28. The summed E-state index contributed by atoms with van der Waals surface area (Å²) in [6.07, 6.45) is 6.97. The van der Waals surface area contributed by atoms with E-state index < -0.39 is 5.70 Å². The summed E-state index contributed by atoms with van der Waals surface area (Å²) in [6, 6.07) is 0. The highest BCUT2D eigenvalue weighted by molar-refractivity contribution is 9.24. The molecule has 1 amide bonds. The molecule has 0 saturated carbocycles. The molecule has 0 saturated heterocycles. The normalized spacial score (nSPS) is 13.8. The predicted molar refractivity (Wildman–Crippen MR) is 86.0 cm³/mol. The lowest BCUT2D eigenvalue weighted by atomic mass is 10.5. The molecule has 0 aliphatic carbocycles. The standard InChI is InChI=1S/C9H12Br2NO2PS2/c1-3-5-16-15(14,17-6-4-2)12-9(13)7-8(10)11/h1,4,8H,2,5-7H2,(H,12,13,14). The minimum Gasteiger partial charge on any atom is -0.291 e. The summed E-state index contributed by atoms with van der Waals surface area (Å²) in [6.45, 7) is 3.55.